The summed E-state index contributed by atoms with van der Waals surface area (Å²) in [6, 6.07) is 7.72. The van der Waals surface area contributed by atoms with Gasteiger partial charge in [-0.3, -0.25) is 4.79 Å². The first-order chi connectivity index (χ1) is 9.61. The quantitative estimate of drug-likeness (QED) is 0.730. The molecule has 1 amide bonds. The fraction of sp³-hybridized carbons (Fsp3) is 0.562. The third-order valence-corrected chi connectivity index (χ3v) is 2.82. The lowest BCUT2D eigenvalue weighted by molar-refractivity contribution is -0.119. The van der Waals surface area contributed by atoms with Crippen molar-refractivity contribution in [3.8, 4) is 5.75 Å². The molecule has 4 heteroatoms. The Hall–Kier alpha value is -1.71. The Morgan fingerprint density at radius 3 is 2.85 bits per heavy atom. The molecule has 0 unspecified atom stereocenters. The zero-order valence-electron chi connectivity index (χ0n) is 12.7. The highest BCUT2D eigenvalue weighted by atomic mass is 16.5. The second-order valence-electron chi connectivity index (χ2n) is 5.26. The molecule has 112 valence electrons. The van der Waals surface area contributed by atoms with Crippen molar-refractivity contribution in [3.05, 3.63) is 24.3 Å². The van der Waals surface area contributed by atoms with E-state index in [0.717, 1.165) is 37.4 Å². The Kier molecular flexibility index (Phi) is 7.55. The molecule has 20 heavy (non-hydrogen) atoms. The van der Waals surface area contributed by atoms with Crippen LogP contribution in [0.5, 0.6) is 5.75 Å². The Morgan fingerprint density at radius 2 is 2.15 bits per heavy atom. The Labute approximate surface area is 121 Å². The van der Waals surface area contributed by atoms with E-state index in [2.05, 4.69) is 24.5 Å². The monoisotopic (exact) mass is 278 g/mol. The number of rotatable bonds is 9. The van der Waals surface area contributed by atoms with E-state index in [0.29, 0.717) is 5.92 Å². The molecule has 0 atom stereocenters. The molecule has 0 fully saturated rings. The van der Waals surface area contributed by atoms with Gasteiger partial charge in [-0.05, 0) is 30.9 Å². The van der Waals surface area contributed by atoms with Crippen molar-refractivity contribution in [2.75, 3.05) is 25.0 Å². The molecule has 0 radical (unpaired) electrons. The topological polar surface area (TPSA) is 50.4 Å². The third-order valence-electron chi connectivity index (χ3n) is 2.82. The summed E-state index contributed by atoms with van der Waals surface area (Å²) in [5.74, 6) is 1.49. The predicted molar refractivity (Wildman–Crippen MR) is 83.2 cm³/mol. The molecule has 0 spiro atoms. The van der Waals surface area contributed by atoms with Crippen molar-refractivity contribution < 1.29 is 9.53 Å². The average molecular weight is 278 g/mol. The van der Waals surface area contributed by atoms with Crippen LogP contribution in [-0.2, 0) is 4.79 Å². The summed E-state index contributed by atoms with van der Waals surface area (Å²) in [7, 11) is 0. The van der Waals surface area contributed by atoms with Gasteiger partial charge in [-0.1, -0.05) is 26.8 Å². The minimum atomic E-state index is 0.0120. The lowest BCUT2D eigenvalue weighted by Crippen LogP contribution is -2.30. The molecular formula is C16H26N2O2. The molecule has 1 rings (SSSR count). The van der Waals surface area contributed by atoms with Gasteiger partial charge in [-0.2, -0.15) is 0 Å². The molecule has 1 aromatic carbocycles. The number of hydrogen-bond acceptors (Lipinski definition) is 3. The van der Waals surface area contributed by atoms with E-state index in [1.807, 2.05) is 31.2 Å². The highest BCUT2D eigenvalue weighted by molar-refractivity contribution is 5.80. The first-order valence-corrected chi connectivity index (χ1v) is 7.35. The van der Waals surface area contributed by atoms with Crippen LogP contribution in [0.15, 0.2) is 24.3 Å². The average Bonchev–Trinajstić information content (AvgIpc) is 2.43. The zero-order chi connectivity index (χ0) is 14.8. The molecule has 0 heterocycles. The fourth-order valence-corrected chi connectivity index (χ4v) is 1.62. The van der Waals surface area contributed by atoms with Gasteiger partial charge in [0, 0.05) is 18.3 Å². The van der Waals surface area contributed by atoms with Crippen LogP contribution < -0.4 is 15.4 Å². The lowest BCUT2D eigenvalue weighted by Gasteiger charge is -2.11. The fourth-order valence-electron chi connectivity index (χ4n) is 1.62. The summed E-state index contributed by atoms with van der Waals surface area (Å²) in [6.45, 7) is 8.12. The third kappa shape index (κ3) is 7.02. The van der Waals surface area contributed by atoms with Gasteiger partial charge in [0.25, 0.3) is 0 Å². The van der Waals surface area contributed by atoms with E-state index in [1.54, 1.807) is 0 Å². The molecule has 4 nitrogen and oxygen atoms in total. The summed E-state index contributed by atoms with van der Waals surface area (Å²) < 4.78 is 5.69. The van der Waals surface area contributed by atoms with Gasteiger partial charge in [0.1, 0.15) is 5.75 Å². The smallest absolute Gasteiger partial charge is 0.239 e. The van der Waals surface area contributed by atoms with Crippen molar-refractivity contribution in [1.29, 1.82) is 0 Å². The molecule has 0 saturated heterocycles. The summed E-state index contributed by atoms with van der Waals surface area (Å²) in [6.07, 6.45) is 1.99. The van der Waals surface area contributed by atoms with Crippen LogP contribution in [0.25, 0.3) is 0 Å². The van der Waals surface area contributed by atoms with Crippen molar-refractivity contribution >= 4 is 11.6 Å². The van der Waals surface area contributed by atoms with Gasteiger partial charge >= 0.3 is 0 Å². The SMILES string of the molecule is CCCNC(=O)CNc1cccc(OCCC(C)C)c1. The number of anilines is 1. The first kappa shape index (κ1) is 16.3. The summed E-state index contributed by atoms with van der Waals surface area (Å²) in [5.41, 5.74) is 0.902. The molecule has 2 N–H and O–H groups in total. The number of carbonyl (C=O) groups is 1. The number of carbonyl (C=O) groups excluding carboxylic acids is 1. The maximum Gasteiger partial charge on any atom is 0.239 e. The van der Waals surface area contributed by atoms with Crippen LogP contribution in [0.3, 0.4) is 0 Å². The Morgan fingerprint density at radius 1 is 1.35 bits per heavy atom. The van der Waals surface area contributed by atoms with Crippen molar-refractivity contribution in [2.24, 2.45) is 5.92 Å². The summed E-state index contributed by atoms with van der Waals surface area (Å²) in [4.78, 5) is 11.5. The second kappa shape index (κ2) is 9.23. The lowest BCUT2D eigenvalue weighted by atomic mass is 10.1. The van der Waals surface area contributed by atoms with Gasteiger partial charge < -0.3 is 15.4 Å². The number of amides is 1. The Bertz CT molecular complexity index is 405. The van der Waals surface area contributed by atoms with E-state index in [-0.39, 0.29) is 12.5 Å². The summed E-state index contributed by atoms with van der Waals surface area (Å²) >= 11 is 0. The minimum Gasteiger partial charge on any atom is -0.494 e. The van der Waals surface area contributed by atoms with E-state index < -0.39 is 0 Å². The number of benzene rings is 1. The number of ether oxygens (including phenoxy) is 1. The molecular weight excluding hydrogens is 252 g/mol. The zero-order valence-corrected chi connectivity index (χ0v) is 12.7. The summed E-state index contributed by atoms with van der Waals surface area (Å²) in [5, 5.41) is 5.93. The van der Waals surface area contributed by atoms with Crippen LogP contribution >= 0.6 is 0 Å². The highest BCUT2D eigenvalue weighted by Crippen LogP contribution is 2.17. The minimum absolute atomic E-state index is 0.0120. The standard InChI is InChI=1S/C16H26N2O2/c1-4-9-17-16(19)12-18-14-6-5-7-15(11-14)20-10-8-13(2)3/h5-7,11,13,18H,4,8-10,12H2,1-3H3,(H,17,19). The van der Waals surface area contributed by atoms with Crippen molar-refractivity contribution in [3.63, 3.8) is 0 Å². The van der Waals surface area contributed by atoms with Crippen LogP contribution in [0.4, 0.5) is 5.69 Å². The molecule has 0 aliphatic heterocycles. The van der Waals surface area contributed by atoms with E-state index >= 15 is 0 Å². The van der Waals surface area contributed by atoms with E-state index in [1.165, 1.54) is 0 Å². The van der Waals surface area contributed by atoms with Crippen molar-refractivity contribution in [2.45, 2.75) is 33.6 Å². The molecule has 0 saturated carbocycles. The maximum atomic E-state index is 11.5. The highest BCUT2D eigenvalue weighted by Gasteiger charge is 2.01. The molecule has 1 aromatic rings. The molecule has 0 aliphatic rings. The molecule has 0 aromatic heterocycles. The Balaban J connectivity index is 2.37. The largest absolute Gasteiger partial charge is 0.494 e. The molecule has 0 aliphatic carbocycles. The van der Waals surface area contributed by atoms with Gasteiger partial charge in [-0.15, -0.1) is 0 Å². The van der Waals surface area contributed by atoms with Gasteiger partial charge in [0.2, 0.25) is 5.91 Å². The van der Waals surface area contributed by atoms with E-state index in [9.17, 15) is 4.79 Å². The number of nitrogens with one attached hydrogen (secondary N) is 2. The van der Waals surface area contributed by atoms with Gasteiger partial charge in [0.15, 0.2) is 0 Å². The second-order valence-corrected chi connectivity index (χ2v) is 5.26. The van der Waals surface area contributed by atoms with Crippen LogP contribution in [-0.4, -0.2) is 25.6 Å². The van der Waals surface area contributed by atoms with E-state index in [4.69, 9.17) is 4.74 Å². The van der Waals surface area contributed by atoms with Crippen LogP contribution in [0, 0.1) is 5.92 Å². The van der Waals surface area contributed by atoms with Crippen molar-refractivity contribution in [1.82, 2.24) is 5.32 Å². The van der Waals surface area contributed by atoms with Gasteiger partial charge in [-0.25, -0.2) is 0 Å². The van der Waals surface area contributed by atoms with Gasteiger partial charge in [0.05, 0.1) is 13.2 Å². The van der Waals surface area contributed by atoms with Crippen LogP contribution in [0.2, 0.25) is 0 Å². The maximum absolute atomic E-state index is 11.5. The predicted octanol–water partition coefficient (Wildman–Crippen LogP) is 3.05. The number of hydrogen-bond donors (Lipinski definition) is 2. The first-order valence-electron chi connectivity index (χ1n) is 7.35. The normalized spacial score (nSPS) is 10.4. The van der Waals surface area contributed by atoms with Crippen LogP contribution in [0.1, 0.15) is 33.6 Å². The molecule has 0 bridgehead atoms.